The van der Waals surface area contributed by atoms with Crippen LogP contribution in [0.1, 0.15) is 43.0 Å². The highest BCUT2D eigenvalue weighted by atomic mass is 16.5. The van der Waals surface area contributed by atoms with Crippen LogP contribution in [0.2, 0.25) is 0 Å². The number of esters is 1. The molecule has 3 rings (SSSR count). The number of carbonyl (C=O) groups excluding carboxylic acids is 2. The van der Waals surface area contributed by atoms with Crippen LogP contribution in [-0.2, 0) is 9.53 Å². The van der Waals surface area contributed by atoms with Crippen molar-refractivity contribution in [3.8, 4) is 11.5 Å². The average Bonchev–Trinajstić information content (AvgIpc) is 3.16. The third kappa shape index (κ3) is 4.63. The fourth-order valence-corrected chi connectivity index (χ4v) is 3.01. The Labute approximate surface area is 153 Å². The number of amides is 1. The van der Waals surface area contributed by atoms with Gasteiger partial charge in [0.25, 0.3) is 5.91 Å². The Morgan fingerprint density at radius 3 is 2.38 bits per heavy atom. The molecule has 0 heterocycles. The van der Waals surface area contributed by atoms with Gasteiger partial charge in [0.1, 0.15) is 17.1 Å². The number of hydrogen-bond donors (Lipinski definition) is 1. The predicted octanol–water partition coefficient (Wildman–Crippen LogP) is 4.08. The van der Waals surface area contributed by atoms with E-state index in [2.05, 4.69) is 5.32 Å². The van der Waals surface area contributed by atoms with Gasteiger partial charge >= 0.3 is 5.97 Å². The van der Waals surface area contributed by atoms with Crippen LogP contribution in [0.5, 0.6) is 11.5 Å². The average molecular weight is 353 g/mol. The molecule has 0 bridgehead atoms. The first-order valence-electron chi connectivity index (χ1n) is 8.97. The summed E-state index contributed by atoms with van der Waals surface area (Å²) in [6, 6.07) is 16.2. The fourth-order valence-electron chi connectivity index (χ4n) is 3.01. The predicted molar refractivity (Wildman–Crippen MR) is 98.2 cm³/mol. The number of rotatable bonds is 6. The molecule has 1 fully saturated rings. The second-order valence-corrected chi connectivity index (χ2v) is 6.45. The van der Waals surface area contributed by atoms with E-state index in [0.717, 1.165) is 25.7 Å². The summed E-state index contributed by atoms with van der Waals surface area (Å²) in [5, 5.41) is 2.94. The van der Waals surface area contributed by atoms with Gasteiger partial charge in [0.05, 0.1) is 0 Å². The normalized spacial score (nSPS) is 15.3. The molecule has 5 nitrogen and oxygen atoms in total. The highest BCUT2D eigenvalue weighted by molar-refractivity contribution is 5.94. The number of ether oxygens (including phenoxy) is 2. The van der Waals surface area contributed by atoms with Gasteiger partial charge < -0.3 is 14.8 Å². The van der Waals surface area contributed by atoms with Crippen molar-refractivity contribution in [1.82, 2.24) is 5.32 Å². The van der Waals surface area contributed by atoms with Crippen molar-refractivity contribution in [1.29, 1.82) is 0 Å². The molecule has 1 saturated carbocycles. The molecule has 1 aliphatic rings. The van der Waals surface area contributed by atoms with E-state index in [1.54, 1.807) is 43.3 Å². The van der Waals surface area contributed by atoms with Crippen LogP contribution < -0.4 is 10.1 Å². The molecule has 2 aromatic rings. The molecule has 0 saturated heterocycles. The van der Waals surface area contributed by atoms with Crippen LogP contribution >= 0.6 is 0 Å². The van der Waals surface area contributed by atoms with E-state index in [-0.39, 0.29) is 17.5 Å². The number of hydrogen-bond acceptors (Lipinski definition) is 4. The molecule has 1 amide bonds. The van der Waals surface area contributed by atoms with E-state index in [0.29, 0.717) is 11.5 Å². The van der Waals surface area contributed by atoms with E-state index < -0.39 is 12.1 Å². The molecule has 1 aliphatic carbocycles. The molecular weight excluding hydrogens is 330 g/mol. The summed E-state index contributed by atoms with van der Waals surface area (Å²) in [6.45, 7) is 1.59. The van der Waals surface area contributed by atoms with Crippen molar-refractivity contribution in [2.75, 3.05) is 0 Å². The third-order valence-corrected chi connectivity index (χ3v) is 4.43. The van der Waals surface area contributed by atoms with Gasteiger partial charge in [-0.1, -0.05) is 43.2 Å². The van der Waals surface area contributed by atoms with Gasteiger partial charge in [0, 0.05) is 6.04 Å². The van der Waals surface area contributed by atoms with E-state index in [4.69, 9.17) is 9.47 Å². The molecule has 0 radical (unpaired) electrons. The molecule has 1 atom stereocenters. The minimum atomic E-state index is -0.854. The van der Waals surface area contributed by atoms with Crippen LogP contribution in [0, 0.1) is 0 Å². The van der Waals surface area contributed by atoms with Gasteiger partial charge in [-0.2, -0.15) is 0 Å². The first-order valence-corrected chi connectivity index (χ1v) is 8.97. The highest BCUT2D eigenvalue weighted by Gasteiger charge is 2.24. The molecule has 0 spiro atoms. The Morgan fingerprint density at radius 1 is 1.00 bits per heavy atom. The Hall–Kier alpha value is -2.82. The number of carbonyl (C=O) groups is 2. The van der Waals surface area contributed by atoms with Crippen LogP contribution in [-0.4, -0.2) is 24.0 Å². The molecule has 0 aromatic heterocycles. The Balaban J connectivity index is 1.64. The zero-order chi connectivity index (χ0) is 18.4. The maximum atomic E-state index is 12.5. The maximum Gasteiger partial charge on any atom is 0.342 e. The Bertz CT molecular complexity index is 754. The molecule has 0 aliphatic heterocycles. The highest BCUT2D eigenvalue weighted by Crippen LogP contribution is 2.26. The van der Waals surface area contributed by atoms with Crippen molar-refractivity contribution in [3.63, 3.8) is 0 Å². The quantitative estimate of drug-likeness (QED) is 0.795. The molecule has 1 N–H and O–H groups in total. The van der Waals surface area contributed by atoms with Crippen LogP contribution in [0.25, 0.3) is 0 Å². The topological polar surface area (TPSA) is 64.6 Å². The van der Waals surface area contributed by atoms with Gasteiger partial charge in [0.2, 0.25) is 0 Å². The zero-order valence-corrected chi connectivity index (χ0v) is 14.8. The first kappa shape index (κ1) is 18.0. The van der Waals surface area contributed by atoms with Crippen molar-refractivity contribution >= 4 is 11.9 Å². The number of para-hydroxylation sites is 2. The summed E-state index contributed by atoms with van der Waals surface area (Å²) < 4.78 is 11.1. The minimum absolute atomic E-state index is 0.192. The summed E-state index contributed by atoms with van der Waals surface area (Å²) in [7, 11) is 0. The van der Waals surface area contributed by atoms with Crippen molar-refractivity contribution in [2.45, 2.75) is 44.8 Å². The summed E-state index contributed by atoms with van der Waals surface area (Å²) in [4.78, 5) is 24.7. The number of benzene rings is 2. The van der Waals surface area contributed by atoms with E-state index in [1.165, 1.54) is 0 Å². The Morgan fingerprint density at radius 2 is 1.65 bits per heavy atom. The molecule has 2 aromatic carbocycles. The lowest BCUT2D eigenvalue weighted by Gasteiger charge is -2.18. The van der Waals surface area contributed by atoms with Crippen LogP contribution in [0.4, 0.5) is 0 Å². The largest absolute Gasteiger partial charge is 0.456 e. The fraction of sp³-hybridized carbons (Fsp3) is 0.333. The SMILES string of the molecule is CC(OC(=O)c1ccccc1Oc1ccccc1)C(=O)NC1CCCC1. The van der Waals surface area contributed by atoms with E-state index in [9.17, 15) is 9.59 Å². The van der Waals surface area contributed by atoms with Gasteiger partial charge in [0.15, 0.2) is 6.10 Å². The van der Waals surface area contributed by atoms with Crippen molar-refractivity contribution < 1.29 is 19.1 Å². The van der Waals surface area contributed by atoms with Gasteiger partial charge in [-0.3, -0.25) is 4.79 Å². The van der Waals surface area contributed by atoms with Crippen LogP contribution in [0.3, 0.4) is 0 Å². The molecule has 1 unspecified atom stereocenters. The standard InChI is InChI=1S/C21H23NO4/c1-15(20(23)22-16-9-5-6-10-16)25-21(24)18-13-7-8-14-19(18)26-17-11-3-2-4-12-17/h2-4,7-8,11-16H,5-6,9-10H2,1H3,(H,22,23). The minimum Gasteiger partial charge on any atom is -0.456 e. The summed E-state index contributed by atoms with van der Waals surface area (Å²) in [6.07, 6.45) is 3.38. The zero-order valence-electron chi connectivity index (χ0n) is 14.8. The summed E-state index contributed by atoms with van der Waals surface area (Å²) >= 11 is 0. The lowest BCUT2D eigenvalue weighted by molar-refractivity contribution is -0.129. The molecule has 136 valence electrons. The van der Waals surface area contributed by atoms with Gasteiger partial charge in [-0.15, -0.1) is 0 Å². The van der Waals surface area contributed by atoms with Crippen molar-refractivity contribution in [3.05, 3.63) is 60.2 Å². The lowest BCUT2D eigenvalue weighted by Crippen LogP contribution is -2.40. The van der Waals surface area contributed by atoms with E-state index >= 15 is 0 Å². The molecule has 26 heavy (non-hydrogen) atoms. The van der Waals surface area contributed by atoms with Gasteiger partial charge in [-0.05, 0) is 44.0 Å². The molecule has 5 heteroatoms. The van der Waals surface area contributed by atoms with E-state index in [1.807, 2.05) is 18.2 Å². The maximum absolute atomic E-state index is 12.5. The number of nitrogens with one attached hydrogen (secondary N) is 1. The van der Waals surface area contributed by atoms with Crippen LogP contribution in [0.15, 0.2) is 54.6 Å². The summed E-state index contributed by atoms with van der Waals surface area (Å²) in [5.74, 6) is 0.184. The third-order valence-electron chi connectivity index (χ3n) is 4.43. The molecular formula is C21H23NO4. The Kier molecular flexibility index (Phi) is 5.89. The second kappa shape index (κ2) is 8.52. The lowest BCUT2D eigenvalue weighted by atomic mass is 10.2. The first-order chi connectivity index (χ1) is 12.6. The van der Waals surface area contributed by atoms with Gasteiger partial charge in [-0.25, -0.2) is 4.79 Å². The van der Waals surface area contributed by atoms with Crippen molar-refractivity contribution in [2.24, 2.45) is 0 Å². The monoisotopic (exact) mass is 353 g/mol. The smallest absolute Gasteiger partial charge is 0.342 e. The second-order valence-electron chi connectivity index (χ2n) is 6.45. The summed E-state index contributed by atoms with van der Waals surface area (Å²) in [5.41, 5.74) is 0.289.